The van der Waals surface area contributed by atoms with Crippen LogP contribution < -0.4 is 21.1 Å². The minimum absolute atomic E-state index is 0.0556. The number of anilines is 1. The first kappa shape index (κ1) is 19.2. The second kappa shape index (κ2) is 8.85. The van der Waals surface area contributed by atoms with Gasteiger partial charge in [0.1, 0.15) is 0 Å². The molecule has 27 heavy (non-hydrogen) atoms. The van der Waals surface area contributed by atoms with E-state index in [2.05, 4.69) is 15.6 Å². The van der Waals surface area contributed by atoms with E-state index >= 15 is 0 Å². The lowest BCUT2D eigenvalue weighted by Crippen LogP contribution is -2.49. The summed E-state index contributed by atoms with van der Waals surface area (Å²) in [7, 11) is 1.60. The number of benzene rings is 1. The Morgan fingerprint density at radius 1 is 1.30 bits per heavy atom. The molecule has 1 aromatic carbocycles. The highest BCUT2D eigenvalue weighted by atomic mass is 16.5. The van der Waals surface area contributed by atoms with Crippen LogP contribution in [0.15, 0.2) is 29.1 Å². The number of nitrogens with zero attached hydrogens (tertiary/aromatic N) is 3. The summed E-state index contributed by atoms with van der Waals surface area (Å²) in [6.07, 6.45) is 1.55. The molecule has 1 aromatic heterocycles. The van der Waals surface area contributed by atoms with Crippen LogP contribution in [-0.4, -0.2) is 55.0 Å². The van der Waals surface area contributed by atoms with Gasteiger partial charge in [-0.1, -0.05) is 12.1 Å². The number of para-hydroxylation sites is 2. The molecule has 1 fully saturated rings. The number of urea groups is 1. The van der Waals surface area contributed by atoms with Crippen molar-refractivity contribution in [3.8, 4) is 0 Å². The number of fused-ring (bicyclic) bond motifs is 1. The minimum Gasteiger partial charge on any atom is -0.383 e. The van der Waals surface area contributed by atoms with Crippen molar-refractivity contribution in [1.82, 2.24) is 20.2 Å². The van der Waals surface area contributed by atoms with Crippen LogP contribution in [0, 0.1) is 0 Å². The van der Waals surface area contributed by atoms with E-state index in [1.54, 1.807) is 11.7 Å². The molecule has 2 aromatic rings. The number of carbonyl (C=O) groups excluding carboxylic acids is 1. The number of aryl methyl sites for hydroxylation is 1. The second-order valence-electron chi connectivity index (χ2n) is 6.63. The monoisotopic (exact) mass is 373 g/mol. The maximum Gasteiger partial charge on any atom is 0.315 e. The molecule has 0 unspecified atom stereocenters. The highest BCUT2D eigenvalue weighted by Crippen LogP contribution is 2.18. The summed E-state index contributed by atoms with van der Waals surface area (Å²) in [4.78, 5) is 31.4. The Hall–Kier alpha value is -2.61. The summed E-state index contributed by atoms with van der Waals surface area (Å²) in [5, 5.41) is 5.74. The van der Waals surface area contributed by atoms with Gasteiger partial charge in [-0.15, -0.1) is 0 Å². The number of methoxy groups -OCH3 is 1. The van der Waals surface area contributed by atoms with Gasteiger partial charge in [0.2, 0.25) is 0 Å². The Labute approximate surface area is 158 Å². The van der Waals surface area contributed by atoms with Crippen LogP contribution in [0.4, 0.5) is 10.6 Å². The van der Waals surface area contributed by atoms with Crippen molar-refractivity contribution in [1.29, 1.82) is 0 Å². The molecule has 2 amide bonds. The second-order valence-corrected chi connectivity index (χ2v) is 6.63. The number of piperidine rings is 1. The molecule has 0 radical (unpaired) electrons. The molecule has 0 aliphatic carbocycles. The molecule has 3 rings (SSSR count). The Morgan fingerprint density at radius 3 is 2.74 bits per heavy atom. The first-order valence-electron chi connectivity index (χ1n) is 9.42. The highest BCUT2D eigenvalue weighted by molar-refractivity contribution is 5.76. The molecule has 8 heteroatoms. The van der Waals surface area contributed by atoms with Crippen molar-refractivity contribution < 1.29 is 9.53 Å². The number of aromatic nitrogens is 2. The lowest BCUT2D eigenvalue weighted by molar-refractivity contribution is 0.194. The number of ether oxygens (including phenoxy) is 1. The van der Waals surface area contributed by atoms with E-state index < -0.39 is 0 Å². The normalized spacial score (nSPS) is 15.1. The lowest BCUT2D eigenvalue weighted by atomic mass is 10.1. The predicted octanol–water partition coefficient (Wildman–Crippen LogP) is 1.33. The largest absolute Gasteiger partial charge is 0.383 e. The molecular formula is C19H27N5O3. The van der Waals surface area contributed by atoms with E-state index in [1.165, 1.54) is 0 Å². The summed E-state index contributed by atoms with van der Waals surface area (Å²) in [6, 6.07) is 7.63. The van der Waals surface area contributed by atoms with Crippen LogP contribution in [0.25, 0.3) is 11.0 Å². The van der Waals surface area contributed by atoms with E-state index in [1.807, 2.05) is 36.1 Å². The molecule has 0 spiro atoms. The van der Waals surface area contributed by atoms with Crippen molar-refractivity contribution in [3.63, 3.8) is 0 Å². The van der Waals surface area contributed by atoms with Crippen LogP contribution in [0.3, 0.4) is 0 Å². The topological polar surface area (TPSA) is 88.5 Å². The molecule has 0 saturated carbocycles. The number of hydrogen-bond acceptors (Lipinski definition) is 5. The summed E-state index contributed by atoms with van der Waals surface area (Å²) < 4.78 is 6.69. The van der Waals surface area contributed by atoms with Gasteiger partial charge in [0.05, 0.1) is 17.6 Å². The van der Waals surface area contributed by atoms with Crippen LogP contribution >= 0.6 is 0 Å². The third-order valence-electron chi connectivity index (χ3n) is 4.87. The van der Waals surface area contributed by atoms with E-state index in [9.17, 15) is 9.59 Å². The van der Waals surface area contributed by atoms with Gasteiger partial charge in [0.15, 0.2) is 5.82 Å². The number of nitrogens with one attached hydrogen (secondary N) is 2. The Balaban J connectivity index is 1.67. The van der Waals surface area contributed by atoms with Crippen molar-refractivity contribution in [2.24, 2.45) is 0 Å². The van der Waals surface area contributed by atoms with E-state index in [0.29, 0.717) is 38.6 Å². The fourth-order valence-corrected chi connectivity index (χ4v) is 3.44. The third kappa shape index (κ3) is 4.39. The number of amides is 2. The third-order valence-corrected chi connectivity index (χ3v) is 4.87. The summed E-state index contributed by atoms with van der Waals surface area (Å²) in [5.74, 6) is 0.499. The first-order chi connectivity index (χ1) is 13.1. The van der Waals surface area contributed by atoms with E-state index in [0.717, 1.165) is 23.9 Å². The van der Waals surface area contributed by atoms with Crippen LogP contribution in [-0.2, 0) is 11.3 Å². The quantitative estimate of drug-likeness (QED) is 0.746. The Bertz CT molecular complexity index is 843. The van der Waals surface area contributed by atoms with Crippen LogP contribution in [0.2, 0.25) is 0 Å². The zero-order valence-electron chi connectivity index (χ0n) is 15.9. The lowest BCUT2D eigenvalue weighted by Gasteiger charge is -2.33. The van der Waals surface area contributed by atoms with Gasteiger partial charge < -0.3 is 24.8 Å². The summed E-state index contributed by atoms with van der Waals surface area (Å²) in [6.45, 7) is 4.92. The molecule has 146 valence electrons. The molecular weight excluding hydrogens is 346 g/mol. The molecule has 0 atom stereocenters. The number of carbonyl (C=O) groups is 1. The van der Waals surface area contributed by atoms with Gasteiger partial charge in [-0.05, 0) is 31.9 Å². The van der Waals surface area contributed by atoms with Gasteiger partial charge in [-0.25, -0.2) is 9.78 Å². The van der Waals surface area contributed by atoms with Gasteiger partial charge in [-0.3, -0.25) is 4.79 Å². The molecule has 0 bridgehead atoms. The minimum atomic E-state index is -0.178. The predicted molar refractivity (Wildman–Crippen MR) is 105 cm³/mol. The van der Waals surface area contributed by atoms with Gasteiger partial charge in [0, 0.05) is 39.3 Å². The Morgan fingerprint density at radius 2 is 2.04 bits per heavy atom. The fraction of sp³-hybridized carbons (Fsp3) is 0.526. The van der Waals surface area contributed by atoms with Crippen molar-refractivity contribution in [2.75, 3.05) is 38.3 Å². The Kier molecular flexibility index (Phi) is 6.28. The fourth-order valence-electron chi connectivity index (χ4n) is 3.44. The maximum atomic E-state index is 12.9. The molecule has 8 nitrogen and oxygen atoms in total. The van der Waals surface area contributed by atoms with Gasteiger partial charge >= 0.3 is 6.03 Å². The average Bonchev–Trinajstić information content (AvgIpc) is 2.68. The average molecular weight is 373 g/mol. The zero-order valence-corrected chi connectivity index (χ0v) is 15.9. The zero-order chi connectivity index (χ0) is 19.2. The molecule has 1 saturated heterocycles. The molecule has 2 heterocycles. The van der Waals surface area contributed by atoms with E-state index in [-0.39, 0.29) is 17.6 Å². The molecule has 1 aliphatic heterocycles. The van der Waals surface area contributed by atoms with Gasteiger partial charge in [-0.2, -0.15) is 0 Å². The van der Waals surface area contributed by atoms with Crippen LogP contribution in [0.1, 0.15) is 19.8 Å². The van der Waals surface area contributed by atoms with Gasteiger partial charge in [0.25, 0.3) is 5.56 Å². The SMILES string of the molecule is CCn1c(=O)c(N2CCC(NC(=O)NCCOC)CC2)nc2ccccc21. The summed E-state index contributed by atoms with van der Waals surface area (Å²) in [5.41, 5.74) is 1.63. The van der Waals surface area contributed by atoms with Crippen molar-refractivity contribution in [2.45, 2.75) is 32.4 Å². The highest BCUT2D eigenvalue weighted by Gasteiger charge is 2.24. The smallest absolute Gasteiger partial charge is 0.315 e. The van der Waals surface area contributed by atoms with Crippen molar-refractivity contribution >= 4 is 22.9 Å². The number of hydrogen-bond donors (Lipinski definition) is 2. The maximum absolute atomic E-state index is 12.9. The summed E-state index contributed by atoms with van der Waals surface area (Å²) >= 11 is 0. The molecule has 2 N–H and O–H groups in total. The van der Waals surface area contributed by atoms with E-state index in [4.69, 9.17) is 4.74 Å². The number of rotatable bonds is 6. The first-order valence-corrected chi connectivity index (χ1v) is 9.42. The van der Waals surface area contributed by atoms with Crippen LogP contribution in [0.5, 0.6) is 0 Å². The molecule has 1 aliphatic rings. The van der Waals surface area contributed by atoms with Crippen molar-refractivity contribution in [3.05, 3.63) is 34.6 Å². The standard InChI is InChI=1S/C19H27N5O3/c1-3-24-16-7-5-4-6-15(16)22-17(18(24)25)23-11-8-14(9-12-23)21-19(26)20-10-13-27-2/h4-7,14H,3,8-13H2,1-2H3,(H2,20,21,26).